The Morgan fingerprint density at radius 3 is 2.63 bits per heavy atom. The Kier molecular flexibility index (Phi) is 7.53. The summed E-state index contributed by atoms with van der Waals surface area (Å²) in [6.07, 6.45) is 1.62. The van der Waals surface area contributed by atoms with Crippen molar-refractivity contribution in [2.24, 2.45) is 4.99 Å². The maximum Gasteiger partial charge on any atom is 0.338 e. The first-order chi connectivity index (χ1) is 18.1. The highest BCUT2D eigenvalue weighted by atomic mass is 32.1. The number of nitrogens with zero attached hydrogens (tertiary/aromatic N) is 3. The smallest absolute Gasteiger partial charge is 0.338 e. The SMILES string of the molecule is CCOC(=O)C1=C(C)N=c2s/c(=C/c3ccc(OC(C)=O)c(OC)c3)c(=O)n2C1c1cccc([N+](=O)[O-])c1. The Labute approximate surface area is 220 Å². The van der Waals surface area contributed by atoms with E-state index < -0.39 is 28.5 Å². The second-order valence-corrected chi connectivity index (χ2v) is 9.17. The van der Waals surface area contributed by atoms with Gasteiger partial charge in [-0.3, -0.25) is 24.3 Å². The third-order valence-corrected chi connectivity index (χ3v) is 6.64. The van der Waals surface area contributed by atoms with E-state index >= 15 is 0 Å². The lowest BCUT2D eigenvalue weighted by Gasteiger charge is -2.24. The van der Waals surface area contributed by atoms with Crippen LogP contribution in [0.4, 0.5) is 5.69 Å². The summed E-state index contributed by atoms with van der Waals surface area (Å²) in [6, 6.07) is 9.63. The van der Waals surface area contributed by atoms with Gasteiger partial charge in [-0.2, -0.15) is 0 Å². The van der Waals surface area contributed by atoms with Crippen LogP contribution in [0.2, 0.25) is 0 Å². The van der Waals surface area contributed by atoms with Gasteiger partial charge in [-0.15, -0.1) is 0 Å². The van der Waals surface area contributed by atoms with E-state index in [0.717, 1.165) is 11.3 Å². The van der Waals surface area contributed by atoms with Gasteiger partial charge in [0, 0.05) is 19.1 Å². The third-order valence-electron chi connectivity index (χ3n) is 5.65. The summed E-state index contributed by atoms with van der Waals surface area (Å²) in [7, 11) is 1.43. The van der Waals surface area contributed by atoms with E-state index in [0.29, 0.717) is 31.9 Å². The number of carbonyl (C=O) groups excluding carboxylic acids is 2. The zero-order valence-electron chi connectivity index (χ0n) is 20.9. The van der Waals surface area contributed by atoms with Gasteiger partial charge >= 0.3 is 11.9 Å². The topological polar surface area (TPSA) is 139 Å². The molecule has 1 unspecified atom stereocenters. The standard InChI is InChI=1S/C26H23N3O8S/c1-5-36-25(32)22-14(2)27-26-28(23(22)17-7-6-8-18(13-17)29(33)34)24(31)21(38-26)12-16-9-10-19(37-15(3)30)20(11-16)35-4/h6-13,23H,5H2,1-4H3/b21-12+. The van der Waals surface area contributed by atoms with Crippen LogP contribution in [0.1, 0.15) is 37.9 Å². The fourth-order valence-electron chi connectivity index (χ4n) is 4.08. The Hall–Kier alpha value is -4.58. The minimum absolute atomic E-state index is 0.104. The number of hydrogen-bond donors (Lipinski definition) is 0. The zero-order valence-corrected chi connectivity index (χ0v) is 21.7. The molecule has 1 aromatic heterocycles. The van der Waals surface area contributed by atoms with Crippen LogP contribution in [0, 0.1) is 10.1 Å². The quantitative estimate of drug-likeness (QED) is 0.194. The molecule has 38 heavy (non-hydrogen) atoms. The number of nitro benzene ring substituents is 1. The van der Waals surface area contributed by atoms with Gasteiger partial charge in [-0.25, -0.2) is 9.79 Å². The molecule has 0 saturated carbocycles. The fourth-order valence-corrected chi connectivity index (χ4v) is 5.13. The van der Waals surface area contributed by atoms with Crippen LogP contribution in [0.25, 0.3) is 6.08 Å². The van der Waals surface area contributed by atoms with Crippen molar-refractivity contribution in [2.45, 2.75) is 26.8 Å². The number of esters is 2. The van der Waals surface area contributed by atoms with Crippen molar-refractivity contribution < 1.29 is 28.7 Å². The predicted molar refractivity (Wildman–Crippen MR) is 138 cm³/mol. The maximum absolute atomic E-state index is 13.7. The molecule has 0 aliphatic carbocycles. The van der Waals surface area contributed by atoms with Gasteiger partial charge in [-0.05, 0) is 43.2 Å². The molecule has 0 fully saturated rings. The molecule has 1 atom stereocenters. The van der Waals surface area contributed by atoms with Crippen molar-refractivity contribution in [3.05, 3.63) is 94.7 Å². The van der Waals surface area contributed by atoms with Gasteiger partial charge in [0.25, 0.3) is 11.2 Å². The van der Waals surface area contributed by atoms with Crippen molar-refractivity contribution in [1.82, 2.24) is 4.57 Å². The van der Waals surface area contributed by atoms with Crippen LogP contribution >= 0.6 is 11.3 Å². The summed E-state index contributed by atoms with van der Waals surface area (Å²) in [5, 5.41) is 11.4. The minimum Gasteiger partial charge on any atom is -0.493 e. The number of nitro groups is 1. The summed E-state index contributed by atoms with van der Waals surface area (Å²) >= 11 is 1.11. The van der Waals surface area contributed by atoms with E-state index in [1.54, 1.807) is 44.2 Å². The highest BCUT2D eigenvalue weighted by Gasteiger charge is 2.34. The van der Waals surface area contributed by atoms with Gasteiger partial charge in [0.15, 0.2) is 16.3 Å². The van der Waals surface area contributed by atoms with Crippen LogP contribution in [-0.4, -0.2) is 35.1 Å². The number of rotatable bonds is 7. The molecule has 1 aliphatic rings. The molecule has 0 bridgehead atoms. The van der Waals surface area contributed by atoms with Crippen LogP contribution in [0.15, 0.2) is 63.5 Å². The number of thiazole rings is 1. The molecule has 11 nitrogen and oxygen atoms in total. The summed E-state index contributed by atoms with van der Waals surface area (Å²) in [6.45, 7) is 4.67. The third kappa shape index (κ3) is 5.11. The number of fused-ring (bicyclic) bond motifs is 1. The van der Waals surface area contributed by atoms with Crippen LogP contribution in [0.3, 0.4) is 0 Å². The molecule has 3 aromatic rings. The van der Waals surface area contributed by atoms with Crippen molar-refractivity contribution in [3.63, 3.8) is 0 Å². The van der Waals surface area contributed by atoms with Crippen molar-refractivity contribution in [3.8, 4) is 11.5 Å². The lowest BCUT2D eigenvalue weighted by Crippen LogP contribution is -2.40. The molecule has 0 radical (unpaired) electrons. The largest absolute Gasteiger partial charge is 0.493 e. The van der Waals surface area contributed by atoms with Crippen molar-refractivity contribution >= 4 is 35.0 Å². The lowest BCUT2D eigenvalue weighted by molar-refractivity contribution is -0.384. The minimum atomic E-state index is -0.978. The molecule has 0 saturated heterocycles. The number of non-ortho nitro benzene ring substituents is 1. The summed E-state index contributed by atoms with van der Waals surface area (Å²) in [5.41, 5.74) is 0.816. The zero-order chi connectivity index (χ0) is 27.6. The number of methoxy groups -OCH3 is 1. The van der Waals surface area contributed by atoms with E-state index in [2.05, 4.69) is 4.99 Å². The fraction of sp³-hybridized carbons (Fsp3) is 0.231. The van der Waals surface area contributed by atoms with E-state index in [4.69, 9.17) is 14.2 Å². The maximum atomic E-state index is 13.7. The number of hydrogen-bond acceptors (Lipinski definition) is 10. The van der Waals surface area contributed by atoms with E-state index in [-0.39, 0.29) is 23.6 Å². The van der Waals surface area contributed by atoms with Gasteiger partial charge in [0.1, 0.15) is 0 Å². The van der Waals surface area contributed by atoms with E-state index in [1.165, 1.54) is 36.8 Å². The van der Waals surface area contributed by atoms with Crippen LogP contribution in [-0.2, 0) is 14.3 Å². The summed E-state index contributed by atoms with van der Waals surface area (Å²) in [4.78, 5) is 53.7. The normalized spacial score (nSPS) is 14.9. The van der Waals surface area contributed by atoms with E-state index in [1.807, 2.05) is 0 Å². The van der Waals surface area contributed by atoms with Crippen molar-refractivity contribution in [2.75, 3.05) is 13.7 Å². The van der Waals surface area contributed by atoms with Gasteiger partial charge in [0.05, 0.1) is 40.5 Å². The Morgan fingerprint density at radius 2 is 1.97 bits per heavy atom. The van der Waals surface area contributed by atoms with Crippen LogP contribution in [0.5, 0.6) is 11.5 Å². The molecule has 0 amide bonds. The molecular weight excluding hydrogens is 514 g/mol. The van der Waals surface area contributed by atoms with Gasteiger partial charge in [-0.1, -0.05) is 29.5 Å². The van der Waals surface area contributed by atoms with Crippen LogP contribution < -0.4 is 24.4 Å². The first-order valence-electron chi connectivity index (χ1n) is 11.4. The highest BCUT2D eigenvalue weighted by Crippen LogP contribution is 2.32. The molecular formula is C26H23N3O8S. The molecule has 1 aliphatic heterocycles. The van der Waals surface area contributed by atoms with Gasteiger partial charge in [0.2, 0.25) is 0 Å². The Bertz CT molecular complexity index is 1670. The Balaban J connectivity index is 1.92. The first-order valence-corrected chi connectivity index (χ1v) is 12.3. The van der Waals surface area contributed by atoms with Gasteiger partial charge < -0.3 is 14.2 Å². The second kappa shape index (κ2) is 10.8. The second-order valence-electron chi connectivity index (χ2n) is 8.16. The molecule has 12 heteroatoms. The molecule has 2 aromatic carbocycles. The number of allylic oxidation sites excluding steroid dienone is 1. The number of aromatic nitrogens is 1. The summed E-state index contributed by atoms with van der Waals surface area (Å²) < 4.78 is 17.3. The molecule has 196 valence electrons. The number of ether oxygens (including phenoxy) is 3. The van der Waals surface area contributed by atoms with E-state index in [9.17, 15) is 24.5 Å². The highest BCUT2D eigenvalue weighted by molar-refractivity contribution is 7.07. The molecule has 2 heterocycles. The molecule has 0 N–H and O–H groups in total. The average Bonchev–Trinajstić information content (AvgIpc) is 3.18. The lowest BCUT2D eigenvalue weighted by atomic mass is 9.95. The predicted octanol–water partition coefficient (Wildman–Crippen LogP) is 2.64. The Morgan fingerprint density at radius 1 is 1.21 bits per heavy atom. The molecule has 4 rings (SSSR count). The molecule has 0 spiro atoms. The first kappa shape index (κ1) is 26.5. The number of benzene rings is 2. The average molecular weight is 538 g/mol. The van der Waals surface area contributed by atoms with Crippen molar-refractivity contribution in [1.29, 1.82) is 0 Å². The monoisotopic (exact) mass is 537 g/mol. The summed E-state index contributed by atoms with van der Waals surface area (Å²) in [5.74, 6) is -0.626. The number of carbonyl (C=O) groups is 2.